The van der Waals surface area contributed by atoms with E-state index in [1.807, 2.05) is 0 Å². The first-order chi connectivity index (χ1) is 6.80. The van der Waals surface area contributed by atoms with Crippen LogP contribution in [0.15, 0.2) is 0 Å². The Balaban J connectivity index is 1.85. The highest BCUT2D eigenvalue weighted by atomic mass is 35.5. The van der Waals surface area contributed by atoms with Crippen molar-refractivity contribution in [3.63, 3.8) is 0 Å². The standard InChI is InChI=1S/C12H17ClO/c13-8-14-12-2-1-9-3-10(6-12)5-11(4-9)7-12/h9-11H,1-7H2/t9?,10-,11+,12?. The fourth-order valence-electron chi connectivity index (χ4n) is 4.29. The summed E-state index contributed by atoms with van der Waals surface area (Å²) in [7, 11) is 0. The van der Waals surface area contributed by atoms with Crippen LogP contribution in [0.2, 0.25) is 0 Å². The maximum Gasteiger partial charge on any atom is 0.237 e. The van der Waals surface area contributed by atoms with Crippen LogP contribution in [0.1, 0.15) is 44.9 Å². The van der Waals surface area contributed by atoms with Crippen molar-refractivity contribution in [2.45, 2.75) is 50.5 Å². The Kier molecular flexibility index (Phi) is 2.29. The van der Waals surface area contributed by atoms with Crippen molar-refractivity contribution in [2.24, 2.45) is 17.8 Å². The number of rotatable bonds is 2. The first-order valence-corrected chi connectivity index (χ1v) is 6.21. The van der Waals surface area contributed by atoms with Gasteiger partial charge in [0.15, 0.2) is 0 Å². The quantitative estimate of drug-likeness (QED) is 0.680. The zero-order valence-electron chi connectivity index (χ0n) is 8.47. The first-order valence-electron chi connectivity index (χ1n) is 5.83. The molecule has 2 radical (unpaired) electrons. The molecule has 2 heteroatoms. The van der Waals surface area contributed by atoms with Crippen LogP contribution in [0.4, 0.5) is 0 Å². The van der Waals surface area contributed by atoms with Crippen LogP contribution < -0.4 is 0 Å². The molecule has 0 aromatic rings. The highest BCUT2D eigenvalue weighted by Gasteiger charge is 2.48. The van der Waals surface area contributed by atoms with Gasteiger partial charge in [-0.15, -0.1) is 0 Å². The van der Waals surface area contributed by atoms with Crippen molar-refractivity contribution in [1.82, 2.24) is 0 Å². The van der Waals surface area contributed by atoms with E-state index in [0.29, 0.717) is 0 Å². The predicted octanol–water partition coefficient (Wildman–Crippen LogP) is 3.60. The van der Waals surface area contributed by atoms with Crippen LogP contribution in [0.3, 0.4) is 0 Å². The first kappa shape index (κ1) is 9.47. The minimum Gasteiger partial charge on any atom is -0.345 e. The van der Waals surface area contributed by atoms with E-state index >= 15 is 0 Å². The SMILES string of the molecule is Cl[C]OC12CCC3C[C@H](C[C@H](C3)C1)C2. The van der Waals surface area contributed by atoms with Crippen molar-refractivity contribution in [3.05, 3.63) is 6.07 Å². The zero-order valence-corrected chi connectivity index (χ0v) is 9.22. The van der Waals surface area contributed by atoms with Crippen molar-refractivity contribution in [1.29, 1.82) is 0 Å². The summed E-state index contributed by atoms with van der Waals surface area (Å²) < 4.78 is 5.63. The van der Waals surface area contributed by atoms with Gasteiger partial charge in [0.25, 0.3) is 0 Å². The molecule has 0 spiro atoms. The molecule has 14 heavy (non-hydrogen) atoms. The molecule has 4 saturated carbocycles. The predicted molar refractivity (Wildman–Crippen MR) is 55.7 cm³/mol. The minimum atomic E-state index is 0.0839. The lowest BCUT2D eigenvalue weighted by atomic mass is 9.66. The summed E-state index contributed by atoms with van der Waals surface area (Å²) in [5, 5.41) is 0. The molecular formula is C12H17ClO. The zero-order chi connectivity index (χ0) is 9.60. The fraction of sp³-hybridized carbons (Fsp3) is 0.917. The monoisotopic (exact) mass is 212 g/mol. The molecule has 0 heterocycles. The van der Waals surface area contributed by atoms with Crippen LogP contribution in [0, 0.1) is 23.8 Å². The van der Waals surface area contributed by atoms with Crippen LogP contribution in [0.5, 0.6) is 0 Å². The highest BCUT2D eigenvalue weighted by Crippen LogP contribution is 2.54. The molecule has 4 aliphatic rings. The third-order valence-electron chi connectivity index (χ3n) is 4.58. The molecule has 4 rings (SSSR count). The van der Waals surface area contributed by atoms with Gasteiger partial charge in [-0.1, -0.05) is 11.6 Å². The molecule has 78 valence electrons. The van der Waals surface area contributed by atoms with Crippen molar-refractivity contribution in [2.75, 3.05) is 0 Å². The molecule has 4 aliphatic carbocycles. The van der Waals surface area contributed by atoms with E-state index in [-0.39, 0.29) is 5.60 Å². The molecule has 0 aromatic carbocycles. The van der Waals surface area contributed by atoms with E-state index in [0.717, 1.165) is 17.8 Å². The maximum absolute atomic E-state index is 5.63. The van der Waals surface area contributed by atoms with E-state index in [9.17, 15) is 0 Å². The summed E-state index contributed by atoms with van der Waals surface area (Å²) >= 11 is 5.52. The van der Waals surface area contributed by atoms with Gasteiger partial charge in [0, 0.05) is 0 Å². The molecule has 4 bridgehead atoms. The van der Waals surface area contributed by atoms with Crippen LogP contribution in [0.25, 0.3) is 0 Å². The average Bonchev–Trinajstić information content (AvgIpc) is 2.31. The summed E-state index contributed by atoms with van der Waals surface area (Å²) in [6.07, 6.45) is 9.38. The number of fused-ring (bicyclic) bond motifs is 1. The van der Waals surface area contributed by atoms with E-state index < -0.39 is 0 Å². The van der Waals surface area contributed by atoms with Crippen LogP contribution in [-0.2, 0) is 4.74 Å². The van der Waals surface area contributed by atoms with Gasteiger partial charge >= 0.3 is 0 Å². The molecule has 0 N–H and O–H groups in total. The maximum atomic E-state index is 5.63. The van der Waals surface area contributed by atoms with Crippen molar-refractivity contribution >= 4 is 11.6 Å². The molecule has 0 saturated heterocycles. The molecule has 1 nitrogen and oxygen atoms in total. The molecule has 4 fully saturated rings. The normalized spacial score (nSPS) is 50.8. The highest BCUT2D eigenvalue weighted by molar-refractivity contribution is 6.22. The molecule has 0 aromatic heterocycles. The van der Waals surface area contributed by atoms with Gasteiger partial charge in [-0.3, -0.25) is 0 Å². The van der Waals surface area contributed by atoms with Crippen LogP contribution >= 0.6 is 11.6 Å². The van der Waals surface area contributed by atoms with Crippen molar-refractivity contribution in [3.8, 4) is 0 Å². The van der Waals surface area contributed by atoms with Gasteiger partial charge in [-0.2, -0.15) is 0 Å². The van der Waals surface area contributed by atoms with Gasteiger partial charge in [0.05, 0.1) is 5.60 Å². The Morgan fingerprint density at radius 1 is 1.07 bits per heavy atom. The molecule has 0 aliphatic heterocycles. The summed E-state index contributed by atoms with van der Waals surface area (Å²) in [5.41, 5.74) is 0.0839. The fourth-order valence-corrected chi connectivity index (χ4v) is 4.46. The Labute approximate surface area is 91.2 Å². The number of ether oxygens (including phenoxy) is 1. The number of hydrogen-bond donors (Lipinski definition) is 0. The van der Waals surface area contributed by atoms with Gasteiger partial charge in [0.1, 0.15) is 0 Å². The Morgan fingerprint density at radius 2 is 1.71 bits per heavy atom. The number of halogens is 1. The lowest BCUT2D eigenvalue weighted by molar-refractivity contribution is -0.0610. The third-order valence-corrected chi connectivity index (χ3v) is 4.66. The van der Waals surface area contributed by atoms with E-state index in [1.54, 1.807) is 0 Å². The Hall–Kier alpha value is 0.250. The minimum absolute atomic E-state index is 0.0839. The molecule has 2 unspecified atom stereocenters. The Bertz CT molecular complexity index is 214. The summed E-state index contributed by atoms with van der Waals surface area (Å²) in [6, 6.07) is 2.42. The summed E-state index contributed by atoms with van der Waals surface area (Å²) in [5.74, 6) is 2.82. The smallest absolute Gasteiger partial charge is 0.237 e. The second-order valence-corrected chi connectivity index (χ2v) is 5.77. The second kappa shape index (κ2) is 3.38. The van der Waals surface area contributed by atoms with Crippen molar-refractivity contribution < 1.29 is 4.74 Å². The van der Waals surface area contributed by atoms with Crippen LogP contribution in [-0.4, -0.2) is 5.60 Å². The lowest BCUT2D eigenvalue weighted by Gasteiger charge is -2.44. The second-order valence-electron chi connectivity index (χ2n) is 5.61. The molecule has 4 atom stereocenters. The topological polar surface area (TPSA) is 9.23 Å². The van der Waals surface area contributed by atoms with Gasteiger partial charge in [-0.25, -0.2) is 0 Å². The third kappa shape index (κ3) is 1.49. The summed E-state index contributed by atoms with van der Waals surface area (Å²) in [6.45, 7) is 0. The van der Waals surface area contributed by atoms with Gasteiger partial charge in [0.2, 0.25) is 6.07 Å². The largest absolute Gasteiger partial charge is 0.345 e. The average molecular weight is 213 g/mol. The van der Waals surface area contributed by atoms with E-state index in [1.165, 1.54) is 44.9 Å². The molecular weight excluding hydrogens is 196 g/mol. The van der Waals surface area contributed by atoms with Gasteiger partial charge < -0.3 is 4.74 Å². The Morgan fingerprint density at radius 3 is 2.36 bits per heavy atom. The lowest BCUT2D eigenvalue weighted by Crippen LogP contribution is -2.40. The van der Waals surface area contributed by atoms with E-state index in [2.05, 4.69) is 6.07 Å². The molecule has 0 amide bonds. The van der Waals surface area contributed by atoms with E-state index in [4.69, 9.17) is 16.3 Å². The van der Waals surface area contributed by atoms with Gasteiger partial charge in [-0.05, 0) is 62.7 Å². The number of hydrogen-bond acceptors (Lipinski definition) is 1. The summed E-state index contributed by atoms with van der Waals surface area (Å²) in [4.78, 5) is 0.